The molecule has 0 heterocycles. The smallest absolute Gasteiger partial charge is 0.124 e. The minimum absolute atomic E-state index is 0.0778. The van der Waals surface area contributed by atoms with Gasteiger partial charge in [-0.3, -0.25) is 0 Å². The molecular weight excluding hydrogens is 342 g/mol. The van der Waals surface area contributed by atoms with E-state index in [9.17, 15) is 4.39 Å². The summed E-state index contributed by atoms with van der Waals surface area (Å²) in [7, 11) is 0. The Morgan fingerprint density at radius 2 is 1.50 bits per heavy atom. The van der Waals surface area contributed by atoms with Crippen molar-refractivity contribution in [2.24, 2.45) is 5.41 Å². The number of hydrogen-bond donors (Lipinski definition) is 0. The molecule has 2 aromatic carbocycles. The first kappa shape index (κ1) is 19.3. The standard InChI is InChI=1S/C21H25Cl2F/c1-20(2,14-15-5-10-18(24)13-19(15)23)11-12-21(3,4)16-6-8-17(22)9-7-16/h5-10,13H,11-12,14H2,1-4H3. The predicted octanol–water partition coefficient (Wildman–Crippen LogP) is 7.46. The first-order valence-corrected chi connectivity index (χ1v) is 9.05. The fraction of sp³-hybridized carbons (Fsp3) is 0.429. The number of benzene rings is 2. The number of halogens is 3. The van der Waals surface area contributed by atoms with Crippen LogP contribution in [0, 0.1) is 11.2 Å². The summed E-state index contributed by atoms with van der Waals surface area (Å²) in [6, 6.07) is 12.8. The van der Waals surface area contributed by atoms with Gasteiger partial charge in [0.05, 0.1) is 0 Å². The summed E-state index contributed by atoms with van der Waals surface area (Å²) in [5, 5.41) is 1.28. The minimum atomic E-state index is -0.287. The van der Waals surface area contributed by atoms with Gasteiger partial charge in [0.1, 0.15) is 5.82 Å². The zero-order valence-electron chi connectivity index (χ0n) is 14.8. The van der Waals surface area contributed by atoms with Crippen LogP contribution in [0.25, 0.3) is 0 Å². The predicted molar refractivity (Wildman–Crippen MR) is 103 cm³/mol. The second-order valence-electron chi connectivity index (χ2n) is 7.97. The van der Waals surface area contributed by atoms with Gasteiger partial charge < -0.3 is 0 Å². The van der Waals surface area contributed by atoms with Crippen LogP contribution in [0.2, 0.25) is 10.0 Å². The highest BCUT2D eigenvalue weighted by Crippen LogP contribution is 2.37. The summed E-state index contributed by atoms with van der Waals surface area (Å²) in [6.07, 6.45) is 2.94. The van der Waals surface area contributed by atoms with Crippen molar-refractivity contribution in [1.29, 1.82) is 0 Å². The molecule has 0 unspecified atom stereocenters. The van der Waals surface area contributed by atoms with Crippen molar-refractivity contribution in [3.05, 3.63) is 69.5 Å². The Morgan fingerprint density at radius 3 is 2.08 bits per heavy atom. The Kier molecular flexibility index (Phi) is 5.99. The summed E-state index contributed by atoms with van der Waals surface area (Å²) in [4.78, 5) is 0. The zero-order valence-corrected chi connectivity index (χ0v) is 16.3. The molecule has 0 aliphatic heterocycles. The maximum atomic E-state index is 13.2. The summed E-state index contributed by atoms with van der Waals surface area (Å²) < 4.78 is 13.2. The molecule has 0 nitrogen and oxygen atoms in total. The maximum Gasteiger partial charge on any atom is 0.124 e. The Labute approximate surface area is 155 Å². The maximum absolute atomic E-state index is 13.2. The molecule has 0 amide bonds. The van der Waals surface area contributed by atoms with Crippen LogP contribution in [0.3, 0.4) is 0 Å². The monoisotopic (exact) mass is 366 g/mol. The SMILES string of the molecule is CC(C)(CCC(C)(C)c1ccc(Cl)cc1)Cc1ccc(F)cc1Cl. The Hall–Kier alpha value is -1.05. The Bertz CT molecular complexity index is 687. The second kappa shape index (κ2) is 7.45. The molecule has 0 fully saturated rings. The lowest BCUT2D eigenvalue weighted by molar-refractivity contribution is 0.285. The molecule has 2 aromatic rings. The van der Waals surface area contributed by atoms with E-state index in [2.05, 4.69) is 39.8 Å². The van der Waals surface area contributed by atoms with Gasteiger partial charge in [-0.1, -0.05) is 69.1 Å². The van der Waals surface area contributed by atoms with E-state index in [1.54, 1.807) is 6.07 Å². The van der Waals surface area contributed by atoms with Crippen LogP contribution >= 0.6 is 23.2 Å². The van der Waals surface area contributed by atoms with Crippen LogP contribution in [-0.4, -0.2) is 0 Å². The van der Waals surface area contributed by atoms with Crippen molar-refractivity contribution in [3.63, 3.8) is 0 Å². The van der Waals surface area contributed by atoms with Crippen LogP contribution in [-0.2, 0) is 11.8 Å². The number of hydrogen-bond acceptors (Lipinski definition) is 0. The largest absolute Gasteiger partial charge is 0.207 e. The number of rotatable bonds is 6. The third-order valence-electron chi connectivity index (χ3n) is 4.74. The third kappa shape index (κ3) is 5.22. The lowest BCUT2D eigenvalue weighted by Gasteiger charge is -2.32. The van der Waals surface area contributed by atoms with Gasteiger partial charge in [0.25, 0.3) is 0 Å². The van der Waals surface area contributed by atoms with Crippen LogP contribution in [0.15, 0.2) is 42.5 Å². The zero-order chi connectivity index (χ0) is 18.0. The van der Waals surface area contributed by atoms with Gasteiger partial charge in [-0.2, -0.15) is 0 Å². The lowest BCUT2D eigenvalue weighted by Crippen LogP contribution is -2.23. The molecule has 0 aromatic heterocycles. The van der Waals surface area contributed by atoms with Crippen LogP contribution in [0.4, 0.5) is 4.39 Å². The molecule has 0 atom stereocenters. The molecule has 0 aliphatic carbocycles. The quantitative estimate of drug-likeness (QED) is 0.497. The van der Waals surface area contributed by atoms with Crippen LogP contribution in [0.5, 0.6) is 0 Å². The van der Waals surface area contributed by atoms with E-state index in [4.69, 9.17) is 23.2 Å². The van der Waals surface area contributed by atoms with E-state index < -0.39 is 0 Å². The summed E-state index contributed by atoms with van der Waals surface area (Å²) in [5.74, 6) is -0.287. The molecule has 2 rings (SSSR count). The fourth-order valence-corrected chi connectivity index (χ4v) is 3.33. The topological polar surface area (TPSA) is 0 Å². The highest BCUT2D eigenvalue weighted by molar-refractivity contribution is 6.31. The average molecular weight is 367 g/mol. The van der Waals surface area contributed by atoms with E-state index in [0.29, 0.717) is 5.02 Å². The molecule has 3 heteroatoms. The van der Waals surface area contributed by atoms with Crippen molar-refractivity contribution in [2.75, 3.05) is 0 Å². The highest BCUT2D eigenvalue weighted by atomic mass is 35.5. The molecular formula is C21H25Cl2F. The van der Waals surface area contributed by atoms with Gasteiger partial charge in [-0.25, -0.2) is 4.39 Å². The molecule has 24 heavy (non-hydrogen) atoms. The van der Waals surface area contributed by atoms with Crippen LogP contribution < -0.4 is 0 Å². The summed E-state index contributed by atoms with van der Waals surface area (Å²) in [6.45, 7) is 9.00. The van der Waals surface area contributed by atoms with E-state index in [1.165, 1.54) is 17.7 Å². The van der Waals surface area contributed by atoms with Gasteiger partial charge in [-0.15, -0.1) is 0 Å². The van der Waals surface area contributed by atoms with E-state index >= 15 is 0 Å². The molecule has 0 N–H and O–H groups in total. The molecule has 0 bridgehead atoms. The van der Waals surface area contributed by atoms with E-state index in [-0.39, 0.29) is 16.6 Å². The van der Waals surface area contributed by atoms with Crippen molar-refractivity contribution in [2.45, 2.75) is 52.4 Å². The average Bonchev–Trinajstić information content (AvgIpc) is 2.49. The van der Waals surface area contributed by atoms with E-state index in [1.807, 2.05) is 12.1 Å². The van der Waals surface area contributed by atoms with Crippen LogP contribution in [0.1, 0.15) is 51.7 Å². The van der Waals surface area contributed by atoms with Gasteiger partial charge in [0.2, 0.25) is 0 Å². The third-order valence-corrected chi connectivity index (χ3v) is 5.34. The molecule has 0 radical (unpaired) electrons. The molecule has 0 saturated carbocycles. The minimum Gasteiger partial charge on any atom is -0.207 e. The first-order valence-electron chi connectivity index (χ1n) is 8.29. The lowest BCUT2D eigenvalue weighted by atomic mass is 9.73. The molecule has 0 spiro atoms. The van der Waals surface area contributed by atoms with Crippen molar-refractivity contribution < 1.29 is 4.39 Å². The van der Waals surface area contributed by atoms with Crippen molar-refractivity contribution in [3.8, 4) is 0 Å². The molecule has 0 aliphatic rings. The normalized spacial score (nSPS) is 12.5. The summed E-state index contributed by atoms with van der Waals surface area (Å²) >= 11 is 12.2. The molecule has 0 saturated heterocycles. The van der Waals surface area contributed by atoms with Gasteiger partial charge in [-0.05, 0) is 65.5 Å². The Balaban J connectivity index is 2.04. The van der Waals surface area contributed by atoms with Gasteiger partial charge in [0.15, 0.2) is 0 Å². The molecule has 130 valence electrons. The Morgan fingerprint density at radius 1 is 0.875 bits per heavy atom. The van der Waals surface area contributed by atoms with Crippen molar-refractivity contribution in [1.82, 2.24) is 0 Å². The van der Waals surface area contributed by atoms with Crippen molar-refractivity contribution >= 4 is 23.2 Å². The van der Waals surface area contributed by atoms with E-state index in [0.717, 1.165) is 29.8 Å². The first-order chi connectivity index (χ1) is 11.1. The van der Waals surface area contributed by atoms with Gasteiger partial charge in [0, 0.05) is 10.0 Å². The fourth-order valence-electron chi connectivity index (χ4n) is 2.97. The summed E-state index contributed by atoms with van der Waals surface area (Å²) in [5.41, 5.74) is 2.47. The highest BCUT2D eigenvalue weighted by Gasteiger charge is 2.26. The van der Waals surface area contributed by atoms with Gasteiger partial charge >= 0.3 is 0 Å². The second-order valence-corrected chi connectivity index (χ2v) is 8.81.